The second kappa shape index (κ2) is 5.38. The smallest absolute Gasteiger partial charge is 0.0409 e. The van der Waals surface area contributed by atoms with E-state index in [9.17, 15) is 0 Å². The van der Waals surface area contributed by atoms with E-state index in [0.717, 1.165) is 31.2 Å². The molecule has 0 aromatic heterocycles. The number of nitrogens with one attached hydrogen (secondary N) is 1. The summed E-state index contributed by atoms with van der Waals surface area (Å²) in [7, 11) is 0. The van der Waals surface area contributed by atoms with Gasteiger partial charge < -0.3 is 5.32 Å². The predicted molar refractivity (Wildman–Crippen MR) is 73.4 cm³/mol. The lowest BCUT2D eigenvalue weighted by Crippen LogP contribution is -2.58. The van der Waals surface area contributed by atoms with Crippen molar-refractivity contribution in [3.8, 4) is 0 Å². The number of benzene rings is 1. The highest BCUT2D eigenvalue weighted by atomic mass is 35.5. The van der Waals surface area contributed by atoms with Crippen LogP contribution < -0.4 is 5.32 Å². The standard InChI is InChI=1S/C14H21ClN2/c1-3-14(2)11-16-7-8-17(14)10-12-5-4-6-13(15)9-12/h4-6,9,16H,3,7-8,10-11H2,1-2H3. The van der Waals surface area contributed by atoms with Gasteiger partial charge in [0.15, 0.2) is 0 Å². The zero-order valence-electron chi connectivity index (χ0n) is 10.7. The van der Waals surface area contributed by atoms with E-state index in [4.69, 9.17) is 11.6 Å². The number of hydrogen-bond donors (Lipinski definition) is 1. The summed E-state index contributed by atoms with van der Waals surface area (Å²) in [5, 5.41) is 4.32. The quantitative estimate of drug-likeness (QED) is 0.890. The molecule has 1 N–H and O–H groups in total. The Hall–Kier alpha value is -0.570. The second-order valence-electron chi connectivity index (χ2n) is 5.08. The molecule has 1 saturated heterocycles. The van der Waals surface area contributed by atoms with Crippen LogP contribution in [0.3, 0.4) is 0 Å². The van der Waals surface area contributed by atoms with Crippen LogP contribution in [0.2, 0.25) is 5.02 Å². The van der Waals surface area contributed by atoms with E-state index in [1.165, 1.54) is 12.0 Å². The van der Waals surface area contributed by atoms with Gasteiger partial charge in [0.25, 0.3) is 0 Å². The lowest BCUT2D eigenvalue weighted by atomic mass is 9.93. The molecule has 2 rings (SSSR count). The Morgan fingerprint density at radius 1 is 1.47 bits per heavy atom. The Kier molecular flexibility index (Phi) is 4.08. The van der Waals surface area contributed by atoms with Gasteiger partial charge in [-0.2, -0.15) is 0 Å². The summed E-state index contributed by atoms with van der Waals surface area (Å²) in [5.74, 6) is 0. The van der Waals surface area contributed by atoms with E-state index in [1.54, 1.807) is 0 Å². The maximum atomic E-state index is 6.04. The van der Waals surface area contributed by atoms with Crippen molar-refractivity contribution in [1.82, 2.24) is 10.2 Å². The molecule has 0 aliphatic carbocycles. The van der Waals surface area contributed by atoms with Gasteiger partial charge in [-0.05, 0) is 31.0 Å². The predicted octanol–water partition coefficient (Wildman–Crippen LogP) is 2.91. The van der Waals surface area contributed by atoms with Crippen LogP contribution in [0.15, 0.2) is 24.3 Å². The molecule has 1 aromatic carbocycles. The van der Waals surface area contributed by atoms with Gasteiger partial charge in [0, 0.05) is 36.7 Å². The first-order valence-corrected chi connectivity index (χ1v) is 6.72. The highest BCUT2D eigenvalue weighted by Crippen LogP contribution is 2.24. The molecule has 3 heteroatoms. The summed E-state index contributed by atoms with van der Waals surface area (Å²) in [6.45, 7) is 8.85. The number of nitrogens with zero attached hydrogens (tertiary/aromatic N) is 1. The first kappa shape index (κ1) is 12.9. The van der Waals surface area contributed by atoms with Crippen LogP contribution >= 0.6 is 11.6 Å². The fourth-order valence-corrected chi connectivity index (χ4v) is 2.64. The maximum Gasteiger partial charge on any atom is 0.0409 e. The first-order chi connectivity index (χ1) is 8.14. The number of halogens is 1. The number of piperazine rings is 1. The van der Waals surface area contributed by atoms with E-state index < -0.39 is 0 Å². The molecule has 0 spiro atoms. The van der Waals surface area contributed by atoms with Gasteiger partial charge in [0.2, 0.25) is 0 Å². The minimum absolute atomic E-state index is 0.264. The van der Waals surface area contributed by atoms with Crippen molar-refractivity contribution >= 4 is 11.6 Å². The Balaban J connectivity index is 2.11. The van der Waals surface area contributed by atoms with Crippen molar-refractivity contribution in [2.24, 2.45) is 0 Å². The summed E-state index contributed by atoms with van der Waals surface area (Å²) in [6.07, 6.45) is 1.17. The Labute approximate surface area is 109 Å². The van der Waals surface area contributed by atoms with Gasteiger partial charge in [0.1, 0.15) is 0 Å². The van der Waals surface area contributed by atoms with E-state index in [-0.39, 0.29) is 5.54 Å². The van der Waals surface area contributed by atoms with E-state index in [2.05, 4.69) is 36.2 Å². The van der Waals surface area contributed by atoms with Crippen molar-refractivity contribution in [3.05, 3.63) is 34.9 Å². The average Bonchev–Trinajstić information content (AvgIpc) is 2.32. The molecule has 17 heavy (non-hydrogen) atoms. The molecule has 1 fully saturated rings. The summed E-state index contributed by atoms with van der Waals surface area (Å²) >= 11 is 6.04. The molecule has 2 nitrogen and oxygen atoms in total. The third-order valence-electron chi connectivity index (χ3n) is 3.85. The van der Waals surface area contributed by atoms with Crippen LogP contribution in [0.5, 0.6) is 0 Å². The molecule has 0 bridgehead atoms. The van der Waals surface area contributed by atoms with Crippen LogP contribution in [-0.4, -0.2) is 30.1 Å². The van der Waals surface area contributed by atoms with Crippen LogP contribution in [0.4, 0.5) is 0 Å². The fourth-order valence-electron chi connectivity index (χ4n) is 2.43. The zero-order valence-corrected chi connectivity index (χ0v) is 11.4. The molecular formula is C14H21ClN2. The van der Waals surface area contributed by atoms with Crippen LogP contribution in [-0.2, 0) is 6.54 Å². The lowest BCUT2D eigenvalue weighted by molar-refractivity contribution is 0.0638. The zero-order chi connectivity index (χ0) is 12.3. The molecule has 1 atom stereocenters. The third kappa shape index (κ3) is 3.01. The normalized spacial score (nSPS) is 26.1. The summed E-state index contributed by atoms with van der Waals surface area (Å²) in [6, 6.07) is 8.19. The molecule has 1 unspecified atom stereocenters. The lowest BCUT2D eigenvalue weighted by Gasteiger charge is -2.45. The highest BCUT2D eigenvalue weighted by Gasteiger charge is 2.32. The Morgan fingerprint density at radius 2 is 2.29 bits per heavy atom. The van der Waals surface area contributed by atoms with Crippen LogP contribution in [0.1, 0.15) is 25.8 Å². The molecule has 1 aliphatic rings. The maximum absolute atomic E-state index is 6.04. The summed E-state index contributed by atoms with van der Waals surface area (Å²) in [4.78, 5) is 2.56. The van der Waals surface area contributed by atoms with Crippen molar-refractivity contribution in [1.29, 1.82) is 0 Å². The molecule has 1 aliphatic heterocycles. The van der Waals surface area contributed by atoms with E-state index >= 15 is 0 Å². The van der Waals surface area contributed by atoms with Crippen molar-refractivity contribution in [2.75, 3.05) is 19.6 Å². The van der Waals surface area contributed by atoms with Crippen molar-refractivity contribution in [2.45, 2.75) is 32.4 Å². The third-order valence-corrected chi connectivity index (χ3v) is 4.09. The molecule has 1 heterocycles. The first-order valence-electron chi connectivity index (χ1n) is 6.34. The SMILES string of the molecule is CCC1(C)CNCCN1Cc1cccc(Cl)c1. The molecular weight excluding hydrogens is 232 g/mol. The largest absolute Gasteiger partial charge is 0.314 e. The van der Waals surface area contributed by atoms with Gasteiger partial charge >= 0.3 is 0 Å². The second-order valence-corrected chi connectivity index (χ2v) is 5.52. The van der Waals surface area contributed by atoms with E-state index in [0.29, 0.717) is 0 Å². The van der Waals surface area contributed by atoms with Gasteiger partial charge in [-0.25, -0.2) is 0 Å². The Morgan fingerprint density at radius 3 is 3.00 bits per heavy atom. The van der Waals surface area contributed by atoms with E-state index in [1.807, 2.05) is 12.1 Å². The summed E-state index contributed by atoms with van der Waals surface area (Å²) in [5.41, 5.74) is 1.57. The fraction of sp³-hybridized carbons (Fsp3) is 0.571. The van der Waals surface area contributed by atoms with Gasteiger partial charge in [0.05, 0.1) is 0 Å². The number of rotatable bonds is 3. The van der Waals surface area contributed by atoms with Gasteiger partial charge in [-0.15, -0.1) is 0 Å². The molecule has 0 radical (unpaired) electrons. The molecule has 0 saturated carbocycles. The minimum Gasteiger partial charge on any atom is -0.314 e. The average molecular weight is 253 g/mol. The topological polar surface area (TPSA) is 15.3 Å². The highest BCUT2D eigenvalue weighted by molar-refractivity contribution is 6.30. The molecule has 94 valence electrons. The monoisotopic (exact) mass is 252 g/mol. The minimum atomic E-state index is 0.264. The summed E-state index contributed by atoms with van der Waals surface area (Å²) < 4.78 is 0. The molecule has 0 amide bonds. The van der Waals surface area contributed by atoms with Crippen molar-refractivity contribution < 1.29 is 0 Å². The molecule has 1 aromatic rings. The van der Waals surface area contributed by atoms with Gasteiger partial charge in [-0.1, -0.05) is 30.7 Å². The Bertz CT molecular complexity index is 380. The van der Waals surface area contributed by atoms with Crippen molar-refractivity contribution in [3.63, 3.8) is 0 Å². The van der Waals surface area contributed by atoms with Crippen LogP contribution in [0.25, 0.3) is 0 Å². The van der Waals surface area contributed by atoms with Crippen LogP contribution in [0, 0.1) is 0 Å². The van der Waals surface area contributed by atoms with Gasteiger partial charge in [-0.3, -0.25) is 4.90 Å². The number of hydrogen-bond acceptors (Lipinski definition) is 2.